The van der Waals surface area contributed by atoms with E-state index < -0.39 is 0 Å². The molecule has 0 aromatic heterocycles. The number of rotatable bonds is 14. The molecule has 21 heavy (non-hydrogen) atoms. The summed E-state index contributed by atoms with van der Waals surface area (Å²) < 4.78 is 9.90. The van der Waals surface area contributed by atoms with E-state index >= 15 is 0 Å². The lowest BCUT2D eigenvalue weighted by Crippen LogP contribution is -2.08. The van der Waals surface area contributed by atoms with Crippen LogP contribution in [0.5, 0.6) is 0 Å². The van der Waals surface area contributed by atoms with Gasteiger partial charge in [0.15, 0.2) is 0 Å². The molecule has 0 rings (SSSR count). The highest BCUT2D eigenvalue weighted by Crippen LogP contribution is 2.13. The van der Waals surface area contributed by atoms with Crippen LogP contribution < -0.4 is 0 Å². The maximum atomic E-state index is 11.0. The number of hydrogen-bond donors (Lipinski definition) is 0. The molecule has 124 valence electrons. The molecule has 3 nitrogen and oxygen atoms in total. The molecule has 0 aliphatic rings. The lowest BCUT2D eigenvalue weighted by molar-refractivity contribution is -0.134. The van der Waals surface area contributed by atoms with Gasteiger partial charge >= 0.3 is 5.97 Å². The molecule has 1 unspecified atom stereocenters. The minimum Gasteiger partial charge on any atom is -0.466 e. The van der Waals surface area contributed by atoms with Crippen LogP contribution in [0.15, 0.2) is 12.2 Å². The number of hydrogen-bond acceptors (Lipinski definition) is 3. The van der Waals surface area contributed by atoms with Crippen molar-refractivity contribution in [3.63, 3.8) is 0 Å². The van der Waals surface area contributed by atoms with Gasteiger partial charge in [0.05, 0.1) is 13.2 Å². The van der Waals surface area contributed by atoms with Gasteiger partial charge in [-0.2, -0.15) is 0 Å². The average molecular weight is 298 g/mol. The van der Waals surface area contributed by atoms with E-state index in [4.69, 9.17) is 4.74 Å². The SMILES string of the molecule is CCCCCCCCCCCCC(C=CC(=O)OC)OC. The van der Waals surface area contributed by atoms with Crippen LogP contribution in [0, 0.1) is 0 Å². The first-order valence-corrected chi connectivity index (χ1v) is 8.53. The third kappa shape index (κ3) is 13.9. The summed E-state index contributed by atoms with van der Waals surface area (Å²) in [5.74, 6) is -0.319. The molecule has 0 amide bonds. The van der Waals surface area contributed by atoms with Gasteiger partial charge in [0.2, 0.25) is 0 Å². The molecule has 0 saturated heterocycles. The molecule has 0 N–H and O–H groups in total. The van der Waals surface area contributed by atoms with E-state index in [1.54, 1.807) is 13.2 Å². The number of esters is 1. The van der Waals surface area contributed by atoms with Crippen molar-refractivity contribution < 1.29 is 14.3 Å². The van der Waals surface area contributed by atoms with Gasteiger partial charge in [0, 0.05) is 13.2 Å². The molecule has 0 aromatic carbocycles. The Morgan fingerprint density at radius 2 is 1.43 bits per heavy atom. The largest absolute Gasteiger partial charge is 0.466 e. The first-order valence-electron chi connectivity index (χ1n) is 8.53. The Bertz CT molecular complexity index is 261. The summed E-state index contributed by atoms with van der Waals surface area (Å²) in [6, 6.07) is 0. The average Bonchev–Trinajstić information content (AvgIpc) is 2.51. The summed E-state index contributed by atoms with van der Waals surface area (Å²) in [7, 11) is 3.07. The maximum absolute atomic E-state index is 11.0. The second-order valence-corrected chi connectivity index (χ2v) is 5.63. The van der Waals surface area contributed by atoms with Crippen LogP contribution in [-0.2, 0) is 14.3 Å². The summed E-state index contributed by atoms with van der Waals surface area (Å²) in [5.41, 5.74) is 0. The van der Waals surface area contributed by atoms with Crippen molar-refractivity contribution in [2.24, 2.45) is 0 Å². The van der Waals surface area contributed by atoms with Gasteiger partial charge in [-0.25, -0.2) is 4.79 Å². The van der Waals surface area contributed by atoms with Crippen LogP contribution in [0.4, 0.5) is 0 Å². The monoisotopic (exact) mass is 298 g/mol. The van der Waals surface area contributed by atoms with Crippen LogP contribution >= 0.6 is 0 Å². The summed E-state index contributed by atoms with van der Waals surface area (Å²) in [4.78, 5) is 11.0. The Morgan fingerprint density at radius 1 is 0.905 bits per heavy atom. The Balaban J connectivity index is 3.43. The Hall–Kier alpha value is -0.830. The molecule has 0 saturated carbocycles. The van der Waals surface area contributed by atoms with Crippen molar-refractivity contribution in [2.75, 3.05) is 14.2 Å². The molecule has 0 aromatic rings. The van der Waals surface area contributed by atoms with E-state index in [0.29, 0.717) is 0 Å². The highest BCUT2D eigenvalue weighted by molar-refractivity contribution is 5.81. The molecule has 1 atom stereocenters. The summed E-state index contributed by atoms with van der Waals surface area (Å²) in [5, 5.41) is 0. The molecule has 3 heteroatoms. The second-order valence-electron chi connectivity index (χ2n) is 5.63. The van der Waals surface area contributed by atoms with Gasteiger partial charge in [-0.3, -0.25) is 0 Å². The van der Waals surface area contributed by atoms with Crippen LogP contribution in [-0.4, -0.2) is 26.3 Å². The van der Waals surface area contributed by atoms with E-state index in [2.05, 4.69) is 11.7 Å². The highest BCUT2D eigenvalue weighted by Gasteiger charge is 2.03. The Labute approximate surface area is 131 Å². The molecule has 0 bridgehead atoms. The van der Waals surface area contributed by atoms with Gasteiger partial charge in [0.25, 0.3) is 0 Å². The summed E-state index contributed by atoms with van der Waals surface area (Å²) >= 11 is 0. The van der Waals surface area contributed by atoms with Gasteiger partial charge in [-0.15, -0.1) is 0 Å². The van der Waals surface area contributed by atoms with Crippen molar-refractivity contribution in [3.05, 3.63) is 12.2 Å². The first-order chi connectivity index (χ1) is 10.2. The Morgan fingerprint density at radius 3 is 1.90 bits per heavy atom. The second kappa shape index (κ2) is 15.6. The Kier molecular flexibility index (Phi) is 14.9. The van der Waals surface area contributed by atoms with E-state index in [9.17, 15) is 4.79 Å². The number of carbonyl (C=O) groups excluding carboxylic acids is 1. The smallest absolute Gasteiger partial charge is 0.330 e. The third-order valence-electron chi connectivity index (χ3n) is 3.79. The molecular formula is C18H34O3. The zero-order valence-corrected chi connectivity index (χ0v) is 14.2. The van der Waals surface area contributed by atoms with Gasteiger partial charge in [-0.05, 0) is 12.5 Å². The zero-order valence-electron chi connectivity index (χ0n) is 14.2. The fourth-order valence-electron chi connectivity index (χ4n) is 2.38. The molecule has 0 heterocycles. The lowest BCUT2D eigenvalue weighted by Gasteiger charge is -2.10. The third-order valence-corrected chi connectivity index (χ3v) is 3.79. The minimum atomic E-state index is -0.319. The molecule has 0 spiro atoms. The maximum Gasteiger partial charge on any atom is 0.330 e. The zero-order chi connectivity index (χ0) is 15.8. The predicted molar refractivity (Wildman–Crippen MR) is 88.4 cm³/mol. The van der Waals surface area contributed by atoms with Crippen LogP contribution in [0.3, 0.4) is 0 Å². The summed E-state index contributed by atoms with van der Waals surface area (Å²) in [6.45, 7) is 2.26. The van der Waals surface area contributed by atoms with Crippen molar-refractivity contribution in [3.8, 4) is 0 Å². The number of ether oxygens (including phenoxy) is 2. The van der Waals surface area contributed by atoms with E-state index in [-0.39, 0.29) is 12.1 Å². The molecule has 0 fully saturated rings. The number of unbranched alkanes of at least 4 members (excludes halogenated alkanes) is 9. The molecular weight excluding hydrogens is 264 g/mol. The summed E-state index contributed by atoms with van der Waals surface area (Å²) in [6.07, 6.45) is 17.6. The highest BCUT2D eigenvalue weighted by atomic mass is 16.5. The lowest BCUT2D eigenvalue weighted by atomic mass is 10.0. The predicted octanol–water partition coefficient (Wildman–Crippen LogP) is 5.04. The fraction of sp³-hybridized carbons (Fsp3) is 0.833. The van der Waals surface area contributed by atoms with Gasteiger partial charge in [0.1, 0.15) is 0 Å². The van der Waals surface area contributed by atoms with Crippen molar-refractivity contribution in [1.29, 1.82) is 0 Å². The van der Waals surface area contributed by atoms with Crippen LogP contribution in [0.2, 0.25) is 0 Å². The molecule has 0 aliphatic heterocycles. The van der Waals surface area contributed by atoms with Crippen molar-refractivity contribution >= 4 is 5.97 Å². The standard InChI is InChI=1S/C18H34O3/c1-4-5-6-7-8-9-10-11-12-13-14-17(20-2)15-16-18(19)21-3/h15-17H,4-14H2,1-3H3. The quantitative estimate of drug-likeness (QED) is 0.256. The van der Waals surface area contributed by atoms with E-state index in [1.807, 2.05) is 0 Å². The van der Waals surface area contributed by atoms with Gasteiger partial charge < -0.3 is 9.47 Å². The van der Waals surface area contributed by atoms with Gasteiger partial charge in [-0.1, -0.05) is 71.1 Å². The number of methoxy groups -OCH3 is 2. The van der Waals surface area contributed by atoms with Crippen LogP contribution in [0.1, 0.15) is 77.6 Å². The first kappa shape index (κ1) is 20.2. The number of carbonyl (C=O) groups is 1. The molecule has 0 aliphatic carbocycles. The van der Waals surface area contributed by atoms with Crippen LogP contribution in [0.25, 0.3) is 0 Å². The van der Waals surface area contributed by atoms with E-state index in [1.165, 1.54) is 71.0 Å². The minimum absolute atomic E-state index is 0.0261. The van der Waals surface area contributed by atoms with Crippen molar-refractivity contribution in [2.45, 2.75) is 83.7 Å². The van der Waals surface area contributed by atoms with E-state index in [0.717, 1.165) is 12.8 Å². The van der Waals surface area contributed by atoms with Crippen molar-refractivity contribution in [1.82, 2.24) is 0 Å². The fourth-order valence-corrected chi connectivity index (χ4v) is 2.38. The normalized spacial score (nSPS) is 12.7. The molecule has 0 radical (unpaired) electrons. The topological polar surface area (TPSA) is 35.5 Å².